The highest BCUT2D eigenvalue weighted by atomic mass is 79.9. The van der Waals surface area contributed by atoms with Crippen molar-refractivity contribution in [2.75, 3.05) is 19.6 Å². The minimum Gasteiger partial charge on any atom is -0.296 e. The maximum absolute atomic E-state index is 12.2. The molecule has 0 N–H and O–H groups in total. The predicted molar refractivity (Wildman–Crippen MR) is 85.0 cm³/mol. The summed E-state index contributed by atoms with van der Waals surface area (Å²) in [6.07, 6.45) is 5.00. The fourth-order valence-electron chi connectivity index (χ4n) is 2.91. The largest absolute Gasteiger partial charge is 0.296 e. The van der Waals surface area contributed by atoms with Crippen molar-refractivity contribution in [3.8, 4) is 0 Å². The van der Waals surface area contributed by atoms with Gasteiger partial charge in [-0.15, -0.1) is 11.3 Å². The van der Waals surface area contributed by atoms with E-state index in [0.29, 0.717) is 12.0 Å². The lowest BCUT2D eigenvalue weighted by atomic mass is 9.74. The highest BCUT2D eigenvalue weighted by molar-refractivity contribution is 9.10. The Morgan fingerprint density at radius 2 is 2.00 bits per heavy atom. The van der Waals surface area contributed by atoms with Crippen molar-refractivity contribution in [3.05, 3.63) is 20.8 Å². The van der Waals surface area contributed by atoms with E-state index in [1.54, 1.807) is 0 Å². The van der Waals surface area contributed by atoms with Crippen LogP contribution in [-0.2, 0) is 0 Å². The molecule has 0 radical (unpaired) electrons. The third-order valence-electron chi connectivity index (χ3n) is 4.65. The van der Waals surface area contributed by atoms with Gasteiger partial charge in [-0.25, -0.2) is 0 Å². The van der Waals surface area contributed by atoms with Crippen molar-refractivity contribution in [1.29, 1.82) is 0 Å². The average Bonchev–Trinajstić information content (AvgIpc) is 2.86. The average molecular weight is 344 g/mol. The molecule has 0 spiro atoms. The number of hydrogen-bond acceptors (Lipinski definition) is 3. The first-order chi connectivity index (χ1) is 9.10. The predicted octanol–water partition coefficient (Wildman–Crippen LogP) is 4.60. The van der Waals surface area contributed by atoms with Crippen LogP contribution in [0.4, 0.5) is 0 Å². The van der Waals surface area contributed by atoms with Gasteiger partial charge in [-0.3, -0.25) is 9.69 Å². The molecule has 0 aliphatic carbocycles. The van der Waals surface area contributed by atoms with Crippen molar-refractivity contribution in [3.63, 3.8) is 0 Å². The summed E-state index contributed by atoms with van der Waals surface area (Å²) in [6, 6.07) is 1.95. The first-order valence-corrected chi connectivity index (χ1v) is 8.76. The Bertz CT molecular complexity index is 429. The van der Waals surface area contributed by atoms with E-state index >= 15 is 0 Å². The number of nitrogens with zero attached hydrogens (tertiary/aromatic N) is 1. The van der Waals surface area contributed by atoms with E-state index in [1.807, 2.05) is 11.4 Å². The third kappa shape index (κ3) is 3.47. The van der Waals surface area contributed by atoms with E-state index in [4.69, 9.17) is 0 Å². The zero-order chi connectivity index (χ0) is 13.9. The Kier molecular flexibility index (Phi) is 5.21. The summed E-state index contributed by atoms with van der Waals surface area (Å²) in [5.41, 5.74) is 0.531. The molecule has 106 valence electrons. The van der Waals surface area contributed by atoms with Crippen LogP contribution in [0, 0.1) is 5.41 Å². The van der Waals surface area contributed by atoms with Crippen LogP contribution in [0.1, 0.15) is 49.2 Å². The monoisotopic (exact) mass is 343 g/mol. The highest BCUT2D eigenvalue weighted by Gasteiger charge is 2.31. The summed E-state index contributed by atoms with van der Waals surface area (Å²) in [6.45, 7) is 7.30. The van der Waals surface area contributed by atoms with Gasteiger partial charge in [0.15, 0.2) is 5.78 Å². The lowest BCUT2D eigenvalue weighted by molar-refractivity contribution is 0.0758. The van der Waals surface area contributed by atoms with Gasteiger partial charge in [-0.05, 0) is 58.7 Å². The van der Waals surface area contributed by atoms with Crippen LogP contribution in [0.3, 0.4) is 0 Å². The summed E-state index contributed by atoms with van der Waals surface area (Å²) in [7, 11) is 0. The van der Waals surface area contributed by atoms with Crippen LogP contribution < -0.4 is 0 Å². The minimum absolute atomic E-state index is 0.252. The van der Waals surface area contributed by atoms with Gasteiger partial charge >= 0.3 is 0 Å². The second-order valence-electron chi connectivity index (χ2n) is 5.50. The van der Waals surface area contributed by atoms with Crippen molar-refractivity contribution < 1.29 is 4.79 Å². The van der Waals surface area contributed by atoms with Gasteiger partial charge in [0.25, 0.3) is 0 Å². The first kappa shape index (κ1) is 15.2. The maximum atomic E-state index is 12.2. The molecule has 0 saturated carbocycles. The minimum atomic E-state index is 0.252. The van der Waals surface area contributed by atoms with Crippen LogP contribution in [-0.4, -0.2) is 30.3 Å². The maximum Gasteiger partial charge on any atom is 0.187 e. The number of carbonyl (C=O) groups is 1. The summed E-state index contributed by atoms with van der Waals surface area (Å²) >= 11 is 4.98. The van der Waals surface area contributed by atoms with E-state index < -0.39 is 0 Å². The SMILES string of the molecule is CCC1(CC)CCN(CC(=O)c2sccc2Br)CC1. The van der Waals surface area contributed by atoms with Crippen molar-refractivity contribution in [1.82, 2.24) is 4.90 Å². The highest BCUT2D eigenvalue weighted by Crippen LogP contribution is 2.38. The lowest BCUT2D eigenvalue weighted by Crippen LogP contribution is -2.41. The van der Waals surface area contributed by atoms with Gasteiger partial charge in [0.2, 0.25) is 0 Å². The van der Waals surface area contributed by atoms with Crippen molar-refractivity contribution in [2.45, 2.75) is 39.5 Å². The molecule has 1 aliphatic heterocycles. The Hall–Kier alpha value is -0.190. The van der Waals surface area contributed by atoms with Crippen LogP contribution in [0.25, 0.3) is 0 Å². The quantitative estimate of drug-likeness (QED) is 0.728. The second kappa shape index (κ2) is 6.51. The van der Waals surface area contributed by atoms with Crippen molar-refractivity contribution in [2.24, 2.45) is 5.41 Å². The molecule has 0 bridgehead atoms. The Balaban J connectivity index is 1.89. The van der Waals surface area contributed by atoms with Gasteiger partial charge < -0.3 is 0 Å². The molecular weight excluding hydrogens is 322 g/mol. The Morgan fingerprint density at radius 1 is 1.37 bits per heavy atom. The molecule has 1 aromatic rings. The summed E-state index contributed by atoms with van der Waals surface area (Å²) in [4.78, 5) is 15.4. The molecule has 0 aromatic carbocycles. The molecule has 2 heterocycles. The number of thiophene rings is 1. The molecule has 1 aliphatic rings. The number of carbonyl (C=O) groups excluding carboxylic acids is 1. The standard InChI is InChI=1S/C15H22BrNOS/c1-3-15(4-2)6-8-17(9-7-15)11-13(18)14-12(16)5-10-19-14/h5,10H,3-4,6-9,11H2,1-2H3. The van der Waals surface area contributed by atoms with E-state index in [2.05, 4.69) is 34.7 Å². The van der Waals surface area contributed by atoms with Crippen LogP contribution in [0.15, 0.2) is 15.9 Å². The van der Waals surface area contributed by atoms with E-state index in [1.165, 1.54) is 37.0 Å². The normalized spacial score (nSPS) is 19.5. The molecule has 2 nitrogen and oxygen atoms in total. The topological polar surface area (TPSA) is 20.3 Å². The summed E-state index contributed by atoms with van der Waals surface area (Å²) in [5.74, 6) is 0.252. The summed E-state index contributed by atoms with van der Waals surface area (Å²) in [5, 5.41) is 1.96. The smallest absolute Gasteiger partial charge is 0.187 e. The van der Waals surface area contributed by atoms with Gasteiger partial charge in [0.1, 0.15) is 0 Å². The zero-order valence-corrected chi connectivity index (χ0v) is 14.1. The third-order valence-corrected chi connectivity index (χ3v) is 6.53. The van der Waals surface area contributed by atoms with Crippen LogP contribution >= 0.6 is 27.3 Å². The molecular formula is C15H22BrNOS. The molecule has 2 rings (SSSR count). The lowest BCUT2D eigenvalue weighted by Gasteiger charge is -2.40. The summed E-state index contributed by atoms with van der Waals surface area (Å²) < 4.78 is 0.941. The fraction of sp³-hybridized carbons (Fsp3) is 0.667. The Morgan fingerprint density at radius 3 is 2.47 bits per heavy atom. The van der Waals surface area contributed by atoms with E-state index in [9.17, 15) is 4.79 Å². The van der Waals surface area contributed by atoms with E-state index in [0.717, 1.165) is 22.4 Å². The molecule has 1 aromatic heterocycles. The first-order valence-electron chi connectivity index (χ1n) is 7.09. The number of likely N-dealkylation sites (tertiary alicyclic amines) is 1. The second-order valence-corrected chi connectivity index (χ2v) is 7.27. The molecule has 19 heavy (non-hydrogen) atoms. The van der Waals surface area contributed by atoms with Crippen LogP contribution in [0.5, 0.6) is 0 Å². The fourth-order valence-corrected chi connectivity index (χ4v) is 4.44. The molecule has 1 fully saturated rings. The Labute approximate surface area is 128 Å². The number of piperidine rings is 1. The van der Waals surface area contributed by atoms with Gasteiger partial charge in [0, 0.05) is 4.47 Å². The molecule has 1 saturated heterocycles. The number of halogens is 1. The number of Topliss-reactive ketones (excluding diaryl/α,β-unsaturated/α-hetero) is 1. The number of rotatable bonds is 5. The number of hydrogen-bond donors (Lipinski definition) is 0. The van der Waals surface area contributed by atoms with Gasteiger partial charge in [-0.1, -0.05) is 26.7 Å². The van der Waals surface area contributed by atoms with E-state index in [-0.39, 0.29) is 5.78 Å². The molecule has 0 unspecified atom stereocenters. The van der Waals surface area contributed by atoms with Gasteiger partial charge in [-0.2, -0.15) is 0 Å². The van der Waals surface area contributed by atoms with Crippen LogP contribution in [0.2, 0.25) is 0 Å². The van der Waals surface area contributed by atoms with Crippen molar-refractivity contribution >= 4 is 33.0 Å². The van der Waals surface area contributed by atoms with Gasteiger partial charge in [0.05, 0.1) is 11.4 Å². The molecule has 0 atom stereocenters. The number of ketones is 1. The molecule has 4 heteroatoms. The zero-order valence-electron chi connectivity index (χ0n) is 11.7. The molecule has 0 amide bonds.